The first-order chi connectivity index (χ1) is 13.1. The van der Waals surface area contributed by atoms with Crippen LogP contribution >= 0.6 is 0 Å². The maximum Gasteiger partial charge on any atom is 0.326 e. The third-order valence-corrected chi connectivity index (χ3v) is 4.42. The second kappa shape index (κ2) is 8.98. The number of piperidine rings is 1. The lowest BCUT2D eigenvalue weighted by molar-refractivity contribution is -0.139. The van der Waals surface area contributed by atoms with Gasteiger partial charge in [-0.2, -0.15) is 0 Å². The number of hydrogen-bond acceptors (Lipinski definition) is 5. The molecular weight excluding hydrogens is 348 g/mol. The van der Waals surface area contributed by atoms with Crippen LogP contribution in [0.15, 0.2) is 48.8 Å². The molecule has 0 aliphatic carbocycles. The molecule has 1 aromatic carbocycles. The molecule has 0 bridgehead atoms. The number of hydrogen-bond donors (Lipinski definition) is 2. The van der Waals surface area contributed by atoms with E-state index in [0.717, 1.165) is 5.56 Å². The number of carbonyl (C=O) groups is 2. The van der Waals surface area contributed by atoms with Crippen molar-refractivity contribution in [1.82, 2.24) is 20.2 Å². The van der Waals surface area contributed by atoms with E-state index in [1.54, 1.807) is 23.4 Å². The van der Waals surface area contributed by atoms with Crippen LogP contribution in [0.4, 0.5) is 4.79 Å². The van der Waals surface area contributed by atoms with Crippen LogP contribution in [0.5, 0.6) is 6.01 Å². The second-order valence-electron chi connectivity index (χ2n) is 6.37. The summed E-state index contributed by atoms with van der Waals surface area (Å²) in [4.78, 5) is 33.7. The van der Waals surface area contributed by atoms with Crippen LogP contribution in [-0.4, -0.2) is 57.2 Å². The number of aliphatic carboxylic acids is 1. The summed E-state index contributed by atoms with van der Waals surface area (Å²) in [5.41, 5.74) is 0.861. The van der Waals surface area contributed by atoms with Gasteiger partial charge in [0.2, 0.25) is 0 Å². The molecule has 1 aromatic heterocycles. The van der Waals surface area contributed by atoms with Crippen LogP contribution < -0.4 is 10.1 Å². The van der Waals surface area contributed by atoms with Gasteiger partial charge in [-0.15, -0.1) is 0 Å². The first-order valence-electron chi connectivity index (χ1n) is 8.87. The lowest BCUT2D eigenvalue weighted by atomic mass is 10.1. The van der Waals surface area contributed by atoms with E-state index in [-0.39, 0.29) is 18.6 Å². The van der Waals surface area contributed by atoms with Crippen LogP contribution in [-0.2, 0) is 11.2 Å². The summed E-state index contributed by atoms with van der Waals surface area (Å²) < 4.78 is 5.71. The van der Waals surface area contributed by atoms with Crippen molar-refractivity contribution in [3.63, 3.8) is 0 Å². The molecule has 1 atom stereocenters. The topological polar surface area (TPSA) is 105 Å². The number of benzene rings is 1. The van der Waals surface area contributed by atoms with Crippen molar-refractivity contribution in [2.75, 3.05) is 13.1 Å². The predicted octanol–water partition coefficient (Wildman–Crippen LogP) is 1.73. The highest BCUT2D eigenvalue weighted by atomic mass is 16.5. The van der Waals surface area contributed by atoms with Crippen LogP contribution in [0.25, 0.3) is 0 Å². The molecule has 1 saturated heterocycles. The summed E-state index contributed by atoms with van der Waals surface area (Å²) in [6.45, 7) is 0.974. The van der Waals surface area contributed by atoms with Gasteiger partial charge in [0.25, 0.3) is 0 Å². The zero-order chi connectivity index (χ0) is 19.1. The monoisotopic (exact) mass is 370 g/mol. The SMILES string of the molecule is O=C(O)[C@@H](Cc1ccccc1)NC(=O)N1CCC(Oc2ncccn2)CC1. The molecule has 27 heavy (non-hydrogen) atoms. The van der Waals surface area contributed by atoms with Crippen molar-refractivity contribution in [3.8, 4) is 6.01 Å². The minimum Gasteiger partial charge on any atom is -0.480 e. The van der Waals surface area contributed by atoms with Gasteiger partial charge in [0.1, 0.15) is 12.1 Å². The molecule has 3 rings (SSSR count). The average molecular weight is 370 g/mol. The summed E-state index contributed by atoms with van der Waals surface area (Å²) >= 11 is 0. The van der Waals surface area contributed by atoms with E-state index in [1.165, 1.54) is 0 Å². The molecule has 2 N–H and O–H groups in total. The highest BCUT2D eigenvalue weighted by molar-refractivity contribution is 5.82. The molecule has 1 aliphatic rings. The number of rotatable bonds is 6. The Balaban J connectivity index is 1.49. The summed E-state index contributed by atoms with van der Waals surface area (Å²) in [7, 11) is 0. The number of nitrogens with one attached hydrogen (secondary N) is 1. The normalized spacial score (nSPS) is 15.8. The van der Waals surface area contributed by atoms with Crippen molar-refractivity contribution >= 4 is 12.0 Å². The summed E-state index contributed by atoms with van der Waals surface area (Å²) in [5, 5.41) is 12.0. The third-order valence-electron chi connectivity index (χ3n) is 4.42. The Labute approximate surface area is 157 Å². The summed E-state index contributed by atoms with van der Waals surface area (Å²) in [5.74, 6) is -1.05. The number of nitrogens with zero attached hydrogens (tertiary/aromatic N) is 3. The minimum atomic E-state index is -1.05. The Morgan fingerprint density at radius 1 is 1.15 bits per heavy atom. The maximum absolute atomic E-state index is 12.5. The van der Waals surface area contributed by atoms with Crippen molar-refractivity contribution in [1.29, 1.82) is 0 Å². The molecule has 1 aliphatic heterocycles. The first kappa shape index (κ1) is 18.6. The lowest BCUT2D eigenvalue weighted by Gasteiger charge is -2.32. The number of carbonyl (C=O) groups excluding carboxylic acids is 1. The molecule has 0 unspecified atom stereocenters. The molecule has 8 heteroatoms. The quantitative estimate of drug-likeness (QED) is 0.802. The summed E-state index contributed by atoms with van der Waals surface area (Å²) in [6.07, 6.45) is 4.70. The van der Waals surface area contributed by atoms with E-state index < -0.39 is 12.0 Å². The highest BCUT2D eigenvalue weighted by Gasteiger charge is 2.27. The summed E-state index contributed by atoms with van der Waals surface area (Å²) in [6, 6.07) is 9.95. The van der Waals surface area contributed by atoms with Crippen molar-refractivity contribution in [3.05, 3.63) is 54.4 Å². The molecule has 8 nitrogen and oxygen atoms in total. The van der Waals surface area contributed by atoms with Gasteiger partial charge in [-0.1, -0.05) is 30.3 Å². The molecule has 0 saturated carbocycles. The number of amides is 2. The van der Waals surface area contributed by atoms with E-state index >= 15 is 0 Å². The Morgan fingerprint density at radius 3 is 2.44 bits per heavy atom. The molecule has 0 radical (unpaired) electrons. The van der Waals surface area contributed by atoms with Gasteiger partial charge in [0, 0.05) is 44.7 Å². The fraction of sp³-hybridized carbons (Fsp3) is 0.368. The Bertz CT molecular complexity index is 749. The van der Waals surface area contributed by atoms with Gasteiger partial charge in [0.15, 0.2) is 0 Å². The number of carboxylic acids is 1. The zero-order valence-electron chi connectivity index (χ0n) is 14.8. The third kappa shape index (κ3) is 5.40. The predicted molar refractivity (Wildman–Crippen MR) is 97.4 cm³/mol. The number of urea groups is 1. The van der Waals surface area contributed by atoms with E-state index in [2.05, 4.69) is 15.3 Å². The van der Waals surface area contributed by atoms with E-state index in [1.807, 2.05) is 30.3 Å². The Hall–Kier alpha value is -3.16. The van der Waals surface area contributed by atoms with Crippen molar-refractivity contribution in [2.45, 2.75) is 31.4 Å². The van der Waals surface area contributed by atoms with E-state index in [4.69, 9.17) is 4.74 Å². The zero-order valence-corrected chi connectivity index (χ0v) is 14.8. The van der Waals surface area contributed by atoms with Gasteiger partial charge >= 0.3 is 18.0 Å². The smallest absolute Gasteiger partial charge is 0.326 e. The largest absolute Gasteiger partial charge is 0.480 e. The van der Waals surface area contributed by atoms with Gasteiger partial charge < -0.3 is 20.1 Å². The van der Waals surface area contributed by atoms with Crippen LogP contribution in [0.3, 0.4) is 0 Å². The van der Waals surface area contributed by atoms with E-state index in [9.17, 15) is 14.7 Å². The first-order valence-corrected chi connectivity index (χ1v) is 8.87. The fourth-order valence-corrected chi connectivity index (χ4v) is 2.96. The minimum absolute atomic E-state index is 0.0592. The number of aromatic nitrogens is 2. The highest BCUT2D eigenvalue weighted by Crippen LogP contribution is 2.16. The molecule has 0 spiro atoms. The molecular formula is C19H22N4O4. The molecule has 142 valence electrons. The van der Waals surface area contributed by atoms with Gasteiger partial charge in [0.05, 0.1) is 0 Å². The standard InChI is InChI=1S/C19H22N4O4/c24-17(25)16(13-14-5-2-1-3-6-14)22-19(26)23-11-7-15(8-12-23)27-18-20-9-4-10-21-18/h1-6,9-10,15-16H,7-8,11-13H2,(H,22,26)(H,24,25)/t16-/m1/s1. The number of carboxylic acid groups (broad SMARTS) is 1. The Morgan fingerprint density at radius 2 is 1.81 bits per heavy atom. The lowest BCUT2D eigenvalue weighted by Crippen LogP contribution is -2.51. The van der Waals surface area contributed by atoms with Gasteiger partial charge in [-0.05, 0) is 11.6 Å². The van der Waals surface area contributed by atoms with Crippen LogP contribution in [0.2, 0.25) is 0 Å². The Kier molecular flexibility index (Phi) is 6.19. The number of likely N-dealkylation sites (tertiary alicyclic amines) is 1. The van der Waals surface area contributed by atoms with E-state index in [0.29, 0.717) is 31.9 Å². The van der Waals surface area contributed by atoms with Gasteiger partial charge in [-0.3, -0.25) is 0 Å². The van der Waals surface area contributed by atoms with Crippen LogP contribution in [0.1, 0.15) is 18.4 Å². The molecule has 2 amide bonds. The number of ether oxygens (including phenoxy) is 1. The van der Waals surface area contributed by atoms with Crippen molar-refractivity contribution < 1.29 is 19.4 Å². The van der Waals surface area contributed by atoms with Crippen LogP contribution in [0, 0.1) is 0 Å². The molecule has 1 fully saturated rings. The van der Waals surface area contributed by atoms with Gasteiger partial charge in [-0.25, -0.2) is 19.6 Å². The van der Waals surface area contributed by atoms with Crippen molar-refractivity contribution in [2.24, 2.45) is 0 Å². The molecule has 2 heterocycles. The average Bonchev–Trinajstić information content (AvgIpc) is 2.69. The molecule has 2 aromatic rings. The fourth-order valence-electron chi connectivity index (χ4n) is 2.96. The maximum atomic E-state index is 12.5. The second-order valence-corrected chi connectivity index (χ2v) is 6.37.